The number of nitrogens with zero attached hydrogens (tertiary/aromatic N) is 1. The molecule has 1 amide bonds. The van der Waals surface area contributed by atoms with Crippen LogP contribution < -0.4 is 5.32 Å². The number of oxazole rings is 1. The Bertz CT molecular complexity index is 776. The molecule has 2 aromatic rings. The number of carbonyl (C=O) groups is 2. The number of hydrogen-bond acceptors (Lipinski definition) is 4. The summed E-state index contributed by atoms with van der Waals surface area (Å²) in [6.45, 7) is 1.87. The van der Waals surface area contributed by atoms with Crippen molar-refractivity contribution >= 4 is 11.9 Å². The number of aliphatic carboxylic acids is 1. The molecule has 1 aromatic carbocycles. The molecular formula is C20H24N2O4. The number of benzene rings is 1. The summed E-state index contributed by atoms with van der Waals surface area (Å²) in [6.07, 6.45) is 4.15. The van der Waals surface area contributed by atoms with E-state index in [4.69, 9.17) is 4.42 Å². The summed E-state index contributed by atoms with van der Waals surface area (Å²) < 4.78 is 5.81. The Morgan fingerprint density at radius 3 is 2.54 bits per heavy atom. The molecule has 0 saturated heterocycles. The normalized spacial score (nSPS) is 16.2. The number of hydrogen-bond donors (Lipinski definition) is 2. The Hall–Kier alpha value is -2.63. The maximum atomic E-state index is 12.3. The molecule has 1 aliphatic carbocycles. The molecule has 138 valence electrons. The zero-order chi connectivity index (χ0) is 18.6. The van der Waals surface area contributed by atoms with Crippen LogP contribution in [-0.4, -0.2) is 27.5 Å². The van der Waals surface area contributed by atoms with Crippen molar-refractivity contribution in [2.75, 3.05) is 0 Å². The van der Waals surface area contributed by atoms with Crippen molar-refractivity contribution in [2.45, 2.75) is 57.4 Å². The van der Waals surface area contributed by atoms with Crippen LogP contribution in [0.15, 0.2) is 34.7 Å². The number of nitrogens with one attached hydrogen (secondary N) is 1. The van der Waals surface area contributed by atoms with Crippen LogP contribution in [0.25, 0.3) is 11.3 Å². The lowest BCUT2D eigenvalue weighted by molar-refractivity contribution is -0.149. The predicted molar refractivity (Wildman–Crippen MR) is 96.6 cm³/mol. The van der Waals surface area contributed by atoms with E-state index in [0.717, 1.165) is 30.5 Å². The maximum Gasteiger partial charge on any atom is 0.329 e. The van der Waals surface area contributed by atoms with E-state index in [1.165, 1.54) is 0 Å². The number of aromatic nitrogens is 1. The predicted octanol–water partition coefficient (Wildman–Crippen LogP) is 3.49. The standard InChI is InChI=1S/C20H24N2O4/c1-14-18(15-8-4-2-5-9-15)26-17(21-14)11-10-16(23)22-20(19(24)25)12-6-3-7-13-20/h2,4-5,8-9H,3,6-7,10-13H2,1H3,(H,22,23)(H,24,25). The number of amides is 1. The molecule has 1 aromatic heterocycles. The largest absolute Gasteiger partial charge is 0.480 e. The van der Waals surface area contributed by atoms with E-state index in [-0.39, 0.29) is 12.3 Å². The topological polar surface area (TPSA) is 92.4 Å². The first kappa shape index (κ1) is 18.2. The maximum absolute atomic E-state index is 12.3. The van der Waals surface area contributed by atoms with Crippen molar-refractivity contribution < 1.29 is 19.1 Å². The Balaban J connectivity index is 1.62. The summed E-state index contributed by atoms with van der Waals surface area (Å²) in [4.78, 5) is 28.4. The van der Waals surface area contributed by atoms with E-state index < -0.39 is 11.5 Å². The minimum absolute atomic E-state index is 0.156. The highest BCUT2D eigenvalue weighted by Gasteiger charge is 2.40. The third kappa shape index (κ3) is 3.95. The summed E-state index contributed by atoms with van der Waals surface area (Å²) in [7, 11) is 0. The summed E-state index contributed by atoms with van der Waals surface area (Å²) in [5, 5.41) is 12.3. The minimum Gasteiger partial charge on any atom is -0.480 e. The lowest BCUT2D eigenvalue weighted by Gasteiger charge is -2.33. The van der Waals surface area contributed by atoms with Gasteiger partial charge < -0.3 is 14.8 Å². The van der Waals surface area contributed by atoms with Gasteiger partial charge in [0.25, 0.3) is 0 Å². The van der Waals surface area contributed by atoms with Crippen LogP contribution in [-0.2, 0) is 16.0 Å². The van der Waals surface area contributed by atoms with E-state index >= 15 is 0 Å². The smallest absolute Gasteiger partial charge is 0.329 e. The molecule has 1 aliphatic rings. The zero-order valence-corrected chi connectivity index (χ0v) is 15.0. The van der Waals surface area contributed by atoms with Gasteiger partial charge in [-0.2, -0.15) is 0 Å². The molecule has 0 aliphatic heterocycles. The zero-order valence-electron chi connectivity index (χ0n) is 15.0. The van der Waals surface area contributed by atoms with Gasteiger partial charge in [-0.05, 0) is 19.8 Å². The van der Waals surface area contributed by atoms with Crippen molar-refractivity contribution in [3.8, 4) is 11.3 Å². The average molecular weight is 356 g/mol. The van der Waals surface area contributed by atoms with Gasteiger partial charge in [0.05, 0.1) is 5.69 Å². The highest BCUT2D eigenvalue weighted by atomic mass is 16.4. The SMILES string of the molecule is Cc1nc(CCC(=O)NC2(C(=O)O)CCCCC2)oc1-c1ccccc1. The monoisotopic (exact) mass is 356 g/mol. The molecule has 0 unspecified atom stereocenters. The number of carboxylic acid groups (broad SMARTS) is 1. The summed E-state index contributed by atoms with van der Waals surface area (Å²) in [5.74, 6) is -0.0184. The second-order valence-corrected chi connectivity index (χ2v) is 6.88. The molecule has 1 heterocycles. The molecule has 0 radical (unpaired) electrons. The van der Waals surface area contributed by atoms with Crippen LogP contribution in [0.2, 0.25) is 0 Å². The molecule has 26 heavy (non-hydrogen) atoms. The second kappa shape index (κ2) is 7.72. The van der Waals surface area contributed by atoms with Crippen molar-refractivity contribution in [3.63, 3.8) is 0 Å². The molecule has 0 atom stereocenters. The quantitative estimate of drug-likeness (QED) is 0.826. The molecule has 2 N–H and O–H groups in total. The van der Waals surface area contributed by atoms with E-state index in [0.29, 0.717) is 30.9 Å². The van der Waals surface area contributed by atoms with E-state index in [1.54, 1.807) is 0 Å². The van der Waals surface area contributed by atoms with Gasteiger partial charge in [0.15, 0.2) is 11.7 Å². The average Bonchev–Trinajstić information content (AvgIpc) is 3.02. The summed E-state index contributed by atoms with van der Waals surface area (Å²) in [5.41, 5.74) is 0.609. The lowest BCUT2D eigenvalue weighted by Crippen LogP contribution is -2.55. The molecule has 3 rings (SSSR count). The molecular weight excluding hydrogens is 332 g/mol. The van der Waals surface area contributed by atoms with Crippen LogP contribution in [0.1, 0.15) is 50.1 Å². The van der Waals surface area contributed by atoms with Gasteiger partial charge >= 0.3 is 5.97 Å². The Kier molecular flexibility index (Phi) is 5.40. The summed E-state index contributed by atoms with van der Waals surface area (Å²) in [6, 6.07) is 9.69. The van der Waals surface area contributed by atoms with Crippen molar-refractivity contribution in [2.24, 2.45) is 0 Å². The molecule has 0 bridgehead atoms. The Morgan fingerprint density at radius 1 is 1.19 bits per heavy atom. The van der Waals surface area contributed by atoms with Gasteiger partial charge in [-0.25, -0.2) is 9.78 Å². The van der Waals surface area contributed by atoms with Crippen molar-refractivity contribution in [1.29, 1.82) is 0 Å². The van der Waals surface area contributed by atoms with Gasteiger partial charge in [0, 0.05) is 18.4 Å². The molecule has 6 heteroatoms. The van der Waals surface area contributed by atoms with Gasteiger partial charge in [0.2, 0.25) is 5.91 Å². The third-order valence-corrected chi connectivity index (χ3v) is 4.94. The molecule has 1 saturated carbocycles. The van der Waals surface area contributed by atoms with Crippen LogP contribution in [0.5, 0.6) is 0 Å². The number of rotatable bonds is 6. The first-order valence-corrected chi connectivity index (χ1v) is 9.06. The Labute approximate surface area is 152 Å². The highest BCUT2D eigenvalue weighted by Crippen LogP contribution is 2.29. The van der Waals surface area contributed by atoms with E-state index in [9.17, 15) is 14.7 Å². The fraction of sp³-hybridized carbons (Fsp3) is 0.450. The number of aryl methyl sites for hydroxylation is 2. The van der Waals surface area contributed by atoms with Crippen LogP contribution in [0, 0.1) is 6.92 Å². The number of carboxylic acids is 1. The van der Waals surface area contributed by atoms with Gasteiger partial charge in [-0.3, -0.25) is 4.79 Å². The lowest BCUT2D eigenvalue weighted by atomic mass is 9.81. The van der Waals surface area contributed by atoms with Crippen molar-refractivity contribution in [3.05, 3.63) is 41.9 Å². The first-order valence-electron chi connectivity index (χ1n) is 9.06. The fourth-order valence-electron chi connectivity index (χ4n) is 3.51. The van der Waals surface area contributed by atoms with E-state index in [1.807, 2.05) is 37.3 Å². The first-order chi connectivity index (χ1) is 12.5. The third-order valence-electron chi connectivity index (χ3n) is 4.94. The number of carbonyl (C=O) groups excluding carboxylic acids is 1. The minimum atomic E-state index is -1.11. The van der Waals surface area contributed by atoms with Crippen LogP contribution in [0.4, 0.5) is 0 Å². The molecule has 6 nitrogen and oxygen atoms in total. The Morgan fingerprint density at radius 2 is 1.88 bits per heavy atom. The van der Waals surface area contributed by atoms with Crippen molar-refractivity contribution in [1.82, 2.24) is 10.3 Å². The van der Waals surface area contributed by atoms with Gasteiger partial charge in [-0.1, -0.05) is 49.6 Å². The van der Waals surface area contributed by atoms with Crippen LogP contribution >= 0.6 is 0 Å². The van der Waals surface area contributed by atoms with Gasteiger partial charge in [-0.15, -0.1) is 0 Å². The van der Waals surface area contributed by atoms with Gasteiger partial charge in [0.1, 0.15) is 5.54 Å². The summed E-state index contributed by atoms with van der Waals surface area (Å²) >= 11 is 0. The van der Waals surface area contributed by atoms with E-state index in [2.05, 4.69) is 10.3 Å². The molecule has 0 spiro atoms. The van der Waals surface area contributed by atoms with Crippen LogP contribution in [0.3, 0.4) is 0 Å². The molecule has 1 fully saturated rings. The second-order valence-electron chi connectivity index (χ2n) is 6.88. The highest BCUT2D eigenvalue weighted by molar-refractivity contribution is 5.87. The fourth-order valence-corrected chi connectivity index (χ4v) is 3.51.